The molecule has 11 nitrogen and oxygen atoms in total. The van der Waals surface area contributed by atoms with E-state index >= 15 is 0 Å². The number of nitrogens with one attached hydrogen (secondary N) is 2. The van der Waals surface area contributed by atoms with Crippen molar-refractivity contribution >= 4 is 23.8 Å². The fourth-order valence-electron chi connectivity index (χ4n) is 2.96. The third-order valence-electron chi connectivity index (χ3n) is 4.54. The van der Waals surface area contributed by atoms with Crippen LogP contribution < -0.4 is 14.2 Å². The van der Waals surface area contributed by atoms with Crippen LogP contribution in [0.1, 0.15) is 34.0 Å². The van der Waals surface area contributed by atoms with Crippen LogP contribution in [0.25, 0.3) is 0 Å². The molecule has 1 aromatic carbocycles. The molecule has 0 spiro atoms. The molecule has 2 rings (SSSR count). The van der Waals surface area contributed by atoms with Gasteiger partial charge in [0.05, 0.1) is 13.3 Å². The number of carbonyl (C=O) groups excluding carboxylic acids is 1. The summed E-state index contributed by atoms with van der Waals surface area (Å²) in [6.07, 6.45) is 1.24. The zero-order valence-electron chi connectivity index (χ0n) is 16.8. The number of methoxy groups -OCH3 is 1. The van der Waals surface area contributed by atoms with Gasteiger partial charge in [-0.05, 0) is 25.8 Å². The van der Waals surface area contributed by atoms with Crippen molar-refractivity contribution in [2.45, 2.75) is 26.9 Å². The molecule has 0 amide bonds. The number of ether oxygens (including phenoxy) is 2. The predicted octanol–water partition coefficient (Wildman–Crippen LogP) is 0.470. The Bertz CT molecular complexity index is 1010. The van der Waals surface area contributed by atoms with Crippen molar-refractivity contribution in [2.75, 3.05) is 26.4 Å². The van der Waals surface area contributed by atoms with E-state index in [1.807, 2.05) is 4.72 Å². The summed E-state index contributed by atoms with van der Waals surface area (Å²) in [5.41, 5.74) is 2.37. The van der Waals surface area contributed by atoms with Crippen molar-refractivity contribution < 1.29 is 42.1 Å². The lowest BCUT2D eigenvalue weighted by atomic mass is 9.95. The second-order valence-corrected chi connectivity index (χ2v) is 10.1. The van der Waals surface area contributed by atoms with E-state index < -0.39 is 36.5 Å². The minimum absolute atomic E-state index is 0.0653. The minimum atomic E-state index is -4.30. The Balaban J connectivity index is 2.09. The minimum Gasteiger partial charge on any atom is -0.507 e. The fraction of sp³-hybridized carbons (Fsp3) is 0.471. The van der Waals surface area contributed by atoms with E-state index in [0.29, 0.717) is 28.0 Å². The van der Waals surface area contributed by atoms with Crippen LogP contribution in [0, 0.1) is 6.92 Å². The molecule has 0 aliphatic carbocycles. The molecule has 0 fully saturated rings. The lowest BCUT2D eigenvalue weighted by Gasteiger charge is -2.16. The van der Waals surface area contributed by atoms with Crippen molar-refractivity contribution in [3.8, 4) is 11.5 Å². The molecule has 1 aliphatic heterocycles. The maximum atomic E-state index is 11.9. The normalized spacial score (nSPS) is 14.6. The SMILES string of the molecule is COc1c(C)c2c(c(O)c1C/C=C(\C)CNS(=O)(=O)NCCP(=O)(O)O)C(=O)OC2. The highest BCUT2D eigenvalue weighted by Crippen LogP contribution is 2.42. The highest BCUT2D eigenvalue weighted by Gasteiger charge is 2.31. The summed E-state index contributed by atoms with van der Waals surface area (Å²) in [6, 6.07) is 0. The number of benzene rings is 1. The Morgan fingerprint density at radius 2 is 2.00 bits per heavy atom. The van der Waals surface area contributed by atoms with E-state index in [4.69, 9.17) is 19.3 Å². The molecule has 0 bridgehead atoms. The number of aromatic hydroxyl groups is 1. The smallest absolute Gasteiger partial charge is 0.342 e. The summed E-state index contributed by atoms with van der Waals surface area (Å²) in [4.78, 5) is 29.4. The molecule has 0 saturated heterocycles. The van der Waals surface area contributed by atoms with Crippen LogP contribution in [0.2, 0.25) is 0 Å². The number of allylic oxidation sites excluding steroid dienone is 1. The number of hydrogen-bond donors (Lipinski definition) is 5. The number of esters is 1. The molecule has 5 N–H and O–H groups in total. The van der Waals surface area contributed by atoms with Gasteiger partial charge in [-0.2, -0.15) is 13.1 Å². The van der Waals surface area contributed by atoms with Crippen LogP contribution >= 0.6 is 7.60 Å². The molecule has 0 saturated carbocycles. The van der Waals surface area contributed by atoms with E-state index in [9.17, 15) is 22.9 Å². The van der Waals surface area contributed by atoms with Crippen LogP contribution in [0.15, 0.2) is 11.6 Å². The van der Waals surface area contributed by atoms with Gasteiger partial charge in [-0.3, -0.25) is 4.57 Å². The van der Waals surface area contributed by atoms with Crippen LogP contribution in [-0.4, -0.2) is 55.6 Å². The average molecular weight is 464 g/mol. The molecular weight excluding hydrogens is 439 g/mol. The van der Waals surface area contributed by atoms with E-state index in [1.54, 1.807) is 19.9 Å². The Kier molecular flexibility index (Phi) is 7.67. The second kappa shape index (κ2) is 9.46. The third-order valence-corrected chi connectivity index (χ3v) is 6.45. The summed E-state index contributed by atoms with van der Waals surface area (Å²) in [5.74, 6) is -0.406. The van der Waals surface area contributed by atoms with Crippen LogP contribution in [0.5, 0.6) is 11.5 Å². The first kappa shape index (κ1) is 24.3. The lowest BCUT2D eigenvalue weighted by molar-refractivity contribution is 0.0532. The molecule has 0 aromatic heterocycles. The molecule has 1 heterocycles. The van der Waals surface area contributed by atoms with Crippen LogP contribution in [0.3, 0.4) is 0 Å². The standard InChI is InChI=1S/C17H25N2O9PS/c1-10(8-19-30(25,26)18-6-7-29(22,23)24)4-5-12-15(20)14-13(9-28-17(14)21)11(2)16(12)27-3/h4,18-20H,5-9H2,1-3H3,(H2,22,23,24)/b10-4+. The van der Waals surface area contributed by atoms with E-state index in [-0.39, 0.29) is 30.9 Å². The van der Waals surface area contributed by atoms with Gasteiger partial charge in [-0.15, -0.1) is 0 Å². The summed E-state index contributed by atoms with van der Waals surface area (Å²) in [7, 11) is -6.79. The van der Waals surface area contributed by atoms with Crippen LogP contribution in [0.4, 0.5) is 0 Å². The van der Waals surface area contributed by atoms with Gasteiger partial charge in [0.25, 0.3) is 10.2 Å². The third kappa shape index (κ3) is 6.03. The Morgan fingerprint density at radius 1 is 1.33 bits per heavy atom. The highest BCUT2D eigenvalue weighted by molar-refractivity contribution is 7.87. The summed E-state index contributed by atoms with van der Waals surface area (Å²) in [5, 5.41) is 10.6. The zero-order chi connectivity index (χ0) is 22.7. The van der Waals surface area contributed by atoms with Crippen molar-refractivity contribution in [1.82, 2.24) is 9.44 Å². The number of phenolic OH excluding ortho intramolecular Hbond substituents is 1. The highest BCUT2D eigenvalue weighted by atomic mass is 32.2. The van der Waals surface area contributed by atoms with Gasteiger partial charge in [0.15, 0.2) is 0 Å². The summed E-state index contributed by atoms with van der Waals surface area (Å²) in [6.45, 7) is 3.01. The van der Waals surface area contributed by atoms with Gasteiger partial charge in [-0.1, -0.05) is 11.6 Å². The van der Waals surface area contributed by atoms with E-state index in [0.717, 1.165) is 0 Å². The topological polar surface area (TPSA) is 171 Å². The fourth-order valence-corrected chi connectivity index (χ4v) is 4.41. The molecule has 1 aliphatic rings. The Morgan fingerprint density at radius 3 is 2.60 bits per heavy atom. The predicted molar refractivity (Wildman–Crippen MR) is 108 cm³/mol. The molecule has 0 radical (unpaired) electrons. The summed E-state index contributed by atoms with van der Waals surface area (Å²) >= 11 is 0. The largest absolute Gasteiger partial charge is 0.507 e. The van der Waals surface area contributed by atoms with E-state index in [1.165, 1.54) is 7.11 Å². The first-order valence-corrected chi connectivity index (χ1v) is 12.2. The van der Waals surface area contributed by atoms with Gasteiger partial charge in [0.2, 0.25) is 0 Å². The first-order chi connectivity index (χ1) is 13.9. The first-order valence-electron chi connectivity index (χ1n) is 8.89. The molecule has 13 heteroatoms. The lowest BCUT2D eigenvalue weighted by Crippen LogP contribution is -2.38. The summed E-state index contributed by atoms with van der Waals surface area (Å²) < 4.78 is 49.1. The van der Waals surface area contributed by atoms with Gasteiger partial charge >= 0.3 is 13.6 Å². The molecule has 168 valence electrons. The monoisotopic (exact) mass is 464 g/mol. The number of fused-ring (bicyclic) bond motifs is 1. The molecule has 30 heavy (non-hydrogen) atoms. The number of phenols is 1. The van der Waals surface area contributed by atoms with E-state index in [2.05, 4.69) is 4.72 Å². The van der Waals surface area contributed by atoms with Crippen molar-refractivity contribution in [3.63, 3.8) is 0 Å². The van der Waals surface area contributed by atoms with Crippen molar-refractivity contribution in [1.29, 1.82) is 0 Å². The van der Waals surface area contributed by atoms with Gasteiger partial charge in [-0.25, -0.2) is 9.52 Å². The van der Waals surface area contributed by atoms with Gasteiger partial charge in [0.1, 0.15) is 23.7 Å². The number of hydrogen-bond acceptors (Lipinski definition) is 7. The maximum absolute atomic E-state index is 11.9. The Labute approximate surface area is 174 Å². The number of cyclic esters (lactones) is 1. The van der Waals surface area contributed by atoms with Gasteiger partial charge in [0, 0.05) is 24.2 Å². The average Bonchev–Trinajstić information content (AvgIpc) is 3.02. The number of carbonyl (C=O) groups is 1. The van der Waals surface area contributed by atoms with Crippen molar-refractivity contribution in [2.24, 2.45) is 0 Å². The maximum Gasteiger partial charge on any atom is 0.342 e. The van der Waals surface area contributed by atoms with Crippen molar-refractivity contribution in [3.05, 3.63) is 33.9 Å². The molecule has 0 atom stereocenters. The quantitative estimate of drug-likeness (QED) is 0.187. The zero-order valence-corrected chi connectivity index (χ0v) is 18.5. The second-order valence-electron chi connectivity index (χ2n) is 6.78. The Hall–Kier alpha value is -1.95. The van der Waals surface area contributed by atoms with Crippen LogP contribution in [-0.2, 0) is 32.5 Å². The number of rotatable bonds is 10. The molecule has 0 unspecified atom stereocenters. The molecule has 1 aromatic rings. The van der Waals surface area contributed by atoms with Gasteiger partial charge < -0.3 is 24.4 Å². The molecular formula is C17H25N2O9PS.